The summed E-state index contributed by atoms with van der Waals surface area (Å²) in [5, 5.41) is 3.20. The second-order valence-corrected chi connectivity index (χ2v) is 5.71. The Bertz CT molecular complexity index is 468. The molecule has 1 aromatic rings. The Hall–Kier alpha value is -1.43. The van der Waals surface area contributed by atoms with Crippen molar-refractivity contribution in [2.24, 2.45) is 0 Å². The zero-order valence-corrected chi connectivity index (χ0v) is 12.2. The maximum atomic E-state index is 12.6. The Labute approximate surface area is 123 Å². The molecule has 0 aliphatic carbocycles. The van der Waals surface area contributed by atoms with Gasteiger partial charge in [-0.2, -0.15) is 13.2 Å². The van der Waals surface area contributed by atoms with E-state index >= 15 is 0 Å². The summed E-state index contributed by atoms with van der Waals surface area (Å²) in [6.07, 6.45) is -0.638. The first-order chi connectivity index (χ1) is 9.86. The Kier molecular flexibility index (Phi) is 4.98. The molecule has 1 aliphatic heterocycles. The van der Waals surface area contributed by atoms with E-state index in [0.29, 0.717) is 5.69 Å². The summed E-state index contributed by atoms with van der Waals surface area (Å²) in [6.45, 7) is 5.08. The van der Waals surface area contributed by atoms with E-state index in [1.54, 1.807) is 0 Å². The summed E-state index contributed by atoms with van der Waals surface area (Å²) in [7, 11) is 0. The summed E-state index contributed by atoms with van der Waals surface area (Å²) in [4.78, 5) is 2.38. The van der Waals surface area contributed by atoms with Crippen molar-refractivity contribution >= 4 is 11.4 Å². The molecule has 6 heteroatoms. The fraction of sp³-hybridized carbons (Fsp3) is 0.600. The van der Waals surface area contributed by atoms with Gasteiger partial charge in [-0.1, -0.05) is 6.42 Å². The van der Waals surface area contributed by atoms with E-state index < -0.39 is 11.7 Å². The third-order valence-corrected chi connectivity index (χ3v) is 3.76. The number of likely N-dealkylation sites (tertiary alicyclic amines) is 1. The minimum atomic E-state index is -4.36. The van der Waals surface area contributed by atoms with Crippen LogP contribution in [0.1, 0.15) is 31.7 Å². The van der Waals surface area contributed by atoms with Crippen molar-refractivity contribution in [2.75, 3.05) is 30.7 Å². The maximum Gasteiger partial charge on any atom is 0.416 e. The van der Waals surface area contributed by atoms with Crippen LogP contribution < -0.4 is 11.1 Å². The molecule has 0 saturated carbocycles. The number of anilines is 2. The molecule has 1 aliphatic rings. The predicted molar refractivity (Wildman–Crippen MR) is 79.2 cm³/mol. The molecule has 3 nitrogen and oxygen atoms in total. The SMILES string of the molecule is CC(CN1CCCCC1)Nc1ccc(C(F)(F)F)cc1N. The van der Waals surface area contributed by atoms with E-state index in [9.17, 15) is 13.2 Å². The second-order valence-electron chi connectivity index (χ2n) is 5.71. The first kappa shape index (κ1) is 15.9. The van der Waals surface area contributed by atoms with E-state index in [-0.39, 0.29) is 11.7 Å². The Morgan fingerprint density at radius 3 is 2.48 bits per heavy atom. The van der Waals surface area contributed by atoms with Gasteiger partial charge in [0.15, 0.2) is 0 Å². The summed E-state index contributed by atoms with van der Waals surface area (Å²) in [5.41, 5.74) is 5.71. The van der Waals surface area contributed by atoms with Gasteiger partial charge in [0.1, 0.15) is 0 Å². The minimum Gasteiger partial charge on any atom is -0.397 e. The molecule has 1 heterocycles. The molecule has 1 atom stereocenters. The summed E-state index contributed by atoms with van der Waals surface area (Å²) in [5.74, 6) is 0. The lowest BCUT2D eigenvalue weighted by atomic mass is 10.1. The van der Waals surface area contributed by atoms with Crippen molar-refractivity contribution in [3.8, 4) is 0 Å². The fourth-order valence-electron chi connectivity index (χ4n) is 2.71. The monoisotopic (exact) mass is 301 g/mol. The van der Waals surface area contributed by atoms with Crippen molar-refractivity contribution in [2.45, 2.75) is 38.4 Å². The van der Waals surface area contributed by atoms with Crippen molar-refractivity contribution in [1.29, 1.82) is 0 Å². The van der Waals surface area contributed by atoms with Crippen molar-refractivity contribution in [1.82, 2.24) is 4.90 Å². The lowest BCUT2D eigenvalue weighted by Crippen LogP contribution is -2.38. The molecule has 3 N–H and O–H groups in total. The molecular formula is C15H22F3N3. The highest BCUT2D eigenvalue weighted by Crippen LogP contribution is 2.33. The maximum absolute atomic E-state index is 12.6. The molecule has 1 unspecified atom stereocenters. The van der Waals surface area contributed by atoms with Crippen LogP contribution in [0.2, 0.25) is 0 Å². The van der Waals surface area contributed by atoms with Crippen LogP contribution >= 0.6 is 0 Å². The Morgan fingerprint density at radius 1 is 1.24 bits per heavy atom. The van der Waals surface area contributed by atoms with Crippen LogP contribution in [0.4, 0.5) is 24.5 Å². The summed E-state index contributed by atoms with van der Waals surface area (Å²) < 4.78 is 37.8. The standard InChI is InChI=1S/C15H22F3N3/c1-11(10-21-7-3-2-4-8-21)20-14-6-5-12(9-13(14)19)15(16,17)18/h5-6,9,11,20H,2-4,7-8,10,19H2,1H3. The average molecular weight is 301 g/mol. The van der Waals surface area contributed by atoms with E-state index in [0.717, 1.165) is 31.8 Å². The predicted octanol–water partition coefficient (Wildman–Crippen LogP) is 3.57. The van der Waals surface area contributed by atoms with Gasteiger partial charge in [0.25, 0.3) is 0 Å². The molecule has 21 heavy (non-hydrogen) atoms. The van der Waals surface area contributed by atoms with Gasteiger partial charge in [-0.3, -0.25) is 0 Å². The third-order valence-electron chi connectivity index (χ3n) is 3.76. The number of hydrogen-bond donors (Lipinski definition) is 2. The van der Waals surface area contributed by atoms with Gasteiger partial charge in [-0.25, -0.2) is 0 Å². The molecule has 0 bridgehead atoms. The van der Waals surface area contributed by atoms with Gasteiger partial charge in [0.2, 0.25) is 0 Å². The number of hydrogen-bond acceptors (Lipinski definition) is 3. The molecular weight excluding hydrogens is 279 g/mol. The third kappa shape index (κ3) is 4.52. The van der Waals surface area contributed by atoms with Gasteiger partial charge >= 0.3 is 6.18 Å². The van der Waals surface area contributed by atoms with Gasteiger partial charge in [0.05, 0.1) is 16.9 Å². The lowest BCUT2D eigenvalue weighted by molar-refractivity contribution is -0.137. The summed E-state index contributed by atoms with van der Waals surface area (Å²) >= 11 is 0. The van der Waals surface area contributed by atoms with E-state index in [1.807, 2.05) is 6.92 Å². The highest BCUT2D eigenvalue weighted by atomic mass is 19.4. The van der Waals surface area contributed by atoms with Crippen LogP contribution in [0.25, 0.3) is 0 Å². The molecule has 0 radical (unpaired) electrons. The Balaban J connectivity index is 1.95. The second kappa shape index (κ2) is 6.56. The highest BCUT2D eigenvalue weighted by molar-refractivity contribution is 5.67. The van der Waals surface area contributed by atoms with Crippen LogP contribution in [0.3, 0.4) is 0 Å². The molecule has 0 amide bonds. The Morgan fingerprint density at radius 2 is 1.90 bits per heavy atom. The van der Waals surface area contributed by atoms with Gasteiger partial charge in [0, 0.05) is 12.6 Å². The number of piperidine rings is 1. The first-order valence-corrected chi connectivity index (χ1v) is 7.32. The van der Waals surface area contributed by atoms with Gasteiger partial charge in [-0.15, -0.1) is 0 Å². The molecule has 0 aromatic heterocycles. The van der Waals surface area contributed by atoms with E-state index in [4.69, 9.17) is 5.73 Å². The topological polar surface area (TPSA) is 41.3 Å². The van der Waals surface area contributed by atoms with Gasteiger partial charge < -0.3 is 16.0 Å². The quantitative estimate of drug-likeness (QED) is 0.835. The summed E-state index contributed by atoms with van der Waals surface area (Å²) in [6, 6.07) is 3.59. The number of nitrogen functional groups attached to an aromatic ring is 1. The fourth-order valence-corrected chi connectivity index (χ4v) is 2.71. The molecule has 0 spiro atoms. The highest BCUT2D eigenvalue weighted by Gasteiger charge is 2.30. The van der Waals surface area contributed by atoms with Crippen LogP contribution in [-0.2, 0) is 6.18 Å². The molecule has 2 rings (SSSR count). The van der Waals surface area contributed by atoms with Crippen LogP contribution in [0.15, 0.2) is 18.2 Å². The zero-order valence-electron chi connectivity index (χ0n) is 12.2. The molecule has 1 aromatic carbocycles. The largest absolute Gasteiger partial charge is 0.416 e. The number of alkyl halides is 3. The lowest BCUT2D eigenvalue weighted by Gasteiger charge is -2.30. The number of nitrogens with zero attached hydrogens (tertiary/aromatic N) is 1. The first-order valence-electron chi connectivity index (χ1n) is 7.32. The average Bonchev–Trinajstić information content (AvgIpc) is 2.41. The normalized spacial score (nSPS) is 18.5. The van der Waals surface area contributed by atoms with Crippen molar-refractivity contribution in [3.05, 3.63) is 23.8 Å². The number of nitrogens with one attached hydrogen (secondary N) is 1. The smallest absolute Gasteiger partial charge is 0.397 e. The van der Waals surface area contributed by atoms with Crippen molar-refractivity contribution in [3.63, 3.8) is 0 Å². The van der Waals surface area contributed by atoms with Gasteiger partial charge in [-0.05, 0) is 51.1 Å². The number of halogens is 3. The molecule has 1 saturated heterocycles. The van der Waals surface area contributed by atoms with Crippen LogP contribution in [0, 0.1) is 0 Å². The number of benzene rings is 1. The van der Waals surface area contributed by atoms with Crippen LogP contribution in [-0.4, -0.2) is 30.6 Å². The minimum absolute atomic E-state index is 0.135. The van der Waals surface area contributed by atoms with Crippen LogP contribution in [0.5, 0.6) is 0 Å². The zero-order chi connectivity index (χ0) is 15.5. The van der Waals surface area contributed by atoms with E-state index in [1.165, 1.54) is 25.3 Å². The number of rotatable bonds is 4. The van der Waals surface area contributed by atoms with E-state index in [2.05, 4.69) is 10.2 Å². The van der Waals surface area contributed by atoms with Crippen molar-refractivity contribution < 1.29 is 13.2 Å². The number of nitrogens with two attached hydrogens (primary N) is 1. The molecule has 1 fully saturated rings. The molecule has 118 valence electrons.